The molecule has 2 atom stereocenters. The highest BCUT2D eigenvalue weighted by atomic mass is 16.1. The third kappa shape index (κ3) is 2.20. The number of carbonyl (C=O) groups excluding carboxylic acids is 1. The van der Waals surface area contributed by atoms with Gasteiger partial charge in [-0.15, -0.1) is 0 Å². The van der Waals surface area contributed by atoms with Gasteiger partial charge in [0.05, 0.1) is 0 Å². The van der Waals surface area contributed by atoms with Crippen molar-refractivity contribution >= 4 is 5.78 Å². The lowest BCUT2D eigenvalue weighted by Crippen LogP contribution is -2.25. The van der Waals surface area contributed by atoms with Crippen LogP contribution in [0.2, 0.25) is 0 Å². The Bertz CT molecular complexity index is 591. The zero-order chi connectivity index (χ0) is 13.2. The van der Waals surface area contributed by atoms with Gasteiger partial charge in [0.1, 0.15) is 0 Å². The molecule has 0 saturated heterocycles. The van der Waals surface area contributed by atoms with Crippen LogP contribution < -0.4 is 5.32 Å². The van der Waals surface area contributed by atoms with E-state index in [2.05, 4.69) is 23.5 Å². The van der Waals surface area contributed by atoms with Crippen molar-refractivity contribution in [3.63, 3.8) is 0 Å². The van der Waals surface area contributed by atoms with Crippen LogP contribution in [0, 0.1) is 5.92 Å². The molecule has 0 amide bonds. The lowest BCUT2D eigenvalue weighted by molar-refractivity contribution is 0.0926. The summed E-state index contributed by atoms with van der Waals surface area (Å²) in [6, 6.07) is 18.3. The molecule has 2 nitrogen and oxygen atoms in total. The van der Waals surface area contributed by atoms with Gasteiger partial charge in [0, 0.05) is 24.1 Å². The molecule has 0 aliphatic heterocycles. The standard InChI is InChI=1S/C17H17NO/c1-12-16(18-11-13-7-3-2-4-8-13)14-9-5-6-10-15(14)17(12)19/h2-10,12,16,18H,11H2,1H3. The maximum Gasteiger partial charge on any atom is 0.167 e. The maximum absolute atomic E-state index is 12.2. The third-order valence-corrected chi connectivity index (χ3v) is 3.84. The maximum atomic E-state index is 12.2. The monoisotopic (exact) mass is 251 g/mol. The number of Topliss-reactive ketones (excluding diaryl/α,β-unsaturated/α-hetero) is 1. The molecule has 0 fully saturated rings. The van der Waals surface area contributed by atoms with E-state index in [1.807, 2.05) is 43.3 Å². The zero-order valence-corrected chi connectivity index (χ0v) is 11.0. The first-order valence-corrected chi connectivity index (χ1v) is 6.68. The quantitative estimate of drug-likeness (QED) is 0.906. The van der Waals surface area contributed by atoms with Gasteiger partial charge >= 0.3 is 0 Å². The first-order chi connectivity index (χ1) is 9.27. The highest BCUT2D eigenvalue weighted by Crippen LogP contribution is 2.35. The van der Waals surface area contributed by atoms with Crippen molar-refractivity contribution in [2.24, 2.45) is 5.92 Å². The van der Waals surface area contributed by atoms with Crippen molar-refractivity contribution < 1.29 is 4.79 Å². The van der Waals surface area contributed by atoms with Crippen LogP contribution in [0.15, 0.2) is 54.6 Å². The molecule has 0 aromatic heterocycles. The van der Waals surface area contributed by atoms with Crippen molar-refractivity contribution in [2.45, 2.75) is 19.5 Å². The minimum absolute atomic E-state index is 0.0149. The van der Waals surface area contributed by atoms with Crippen LogP contribution in [-0.4, -0.2) is 5.78 Å². The fourth-order valence-corrected chi connectivity index (χ4v) is 2.77. The molecule has 0 bridgehead atoms. The topological polar surface area (TPSA) is 29.1 Å². The number of hydrogen-bond donors (Lipinski definition) is 1. The zero-order valence-electron chi connectivity index (χ0n) is 11.0. The van der Waals surface area contributed by atoms with E-state index in [0.29, 0.717) is 0 Å². The molecular weight excluding hydrogens is 234 g/mol. The molecule has 2 heteroatoms. The Kier molecular flexibility index (Phi) is 3.18. The number of hydrogen-bond acceptors (Lipinski definition) is 2. The summed E-state index contributed by atoms with van der Waals surface area (Å²) in [5.74, 6) is 0.266. The fourth-order valence-electron chi connectivity index (χ4n) is 2.77. The second-order valence-corrected chi connectivity index (χ2v) is 5.08. The highest BCUT2D eigenvalue weighted by molar-refractivity contribution is 6.02. The Labute approximate surface area is 113 Å². The van der Waals surface area contributed by atoms with Gasteiger partial charge in [-0.2, -0.15) is 0 Å². The Morgan fingerprint density at radius 1 is 1.00 bits per heavy atom. The van der Waals surface area contributed by atoms with E-state index in [4.69, 9.17) is 0 Å². The van der Waals surface area contributed by atoms with Crippen molar-refractivity contribution in [3.8, 4) is 0 Å². The van der Waals surface area contributed by atoms with Crippen LogP contribution >= 0.6 is 0 Å². The number of carbonyl (C=O) groups is 1. The number of ketones is 1. The van der Waals surface area contributed by atoms with E-state index in [-0.39, 0.29) is 17.7 Å². The van der Waals surface area contributed by atoms with E-state index in [1.54, 1.807) is 0 Å². The van der Waals surface area contributed by atoms with Gasteiger partial charge in [-0.3, -0.25) is 4.79 Å². The SMILES string of the molecule is CC1C(=O)c2ccccc2C1NCc1ccccc1. The van der Waals surface area contributed by atoms with Gasteiger partial charge in [0.2, 0.25) is 0 Å². The average Bonchev–Trinajstić information content (AvgIpc) is 2.71. The van der Waals surface area contributed by atoms with Gasteiger partial charge in [0.25, 0.3) is 0 Å². The van der Waals surface area contributed by atoms with Crippen molar-refractivity contribution in [1.29, 1.82) is 0 Å². The van der Waals surface area contributed by atoms with Gasteiger partial charge in [0.15, 0.2) is 5.78 Å². The van der Waals surface area contributed by atoms with Crippen LogP contribution in [0.1, 0.15) is 34.5 Å². The first kappa shape index (κ1) is 12.1. The summed E-state index contributed by atoms with van der Waals surface area (Å²) in [4.78, 5) is 12.2. The van der Waals surface area contributed by atoms with Crippen LogP contribution in [0.3, 0.4) is 0 Å². The molecule has 0 saturated carbocycles. The molecule has 0 spiro atoms. The Hall–Kier alpha value is -1.93. The molecule has 2 unspecified atom stereocenters. The van der Waals surface area contributed by atoms with Crippen LogP contribution in [0.25, 0.3) is 0 Å². The molecule has 96 valence electrons. The van der Waals surface area contributed by atoms with Crippen molar-refractivity contribution in [3.05, 3.63) is 71.3 Å². The molecule has 2 aromatic rings. The van der Waals surface area contributed by atoms with Gasteiger partial charge in [-0.25, -0.2) is 0 Å². The Balaban J connectivity index is 1.80. The molecule has 2 aromatic carbocycles. The summed E-state index contributed by atoms with van der Waals surface area (Å²) >= 11 is 0. The molecule has 1 aliphatic carbocycles. The fraction of sp³-hybridized carbons (Fsp3) is 0.235. The van der Waals surface area contributed by atoms with Gasteiger partial charge in [-0.1, -0.05) is 61.5 Å². The molecular formula is C17H17NO. The summed E-state index contributed by atoms with van der Waals surface area (Å²) < 4.78 is 0. The van der Waals surface area contributed by atoms with Crippen LogP contribution in [0.5, 0.6) is 0 Å². The second kappa shape index (κ2) is 4.98. The minimum Gasteiger partial charge on any atom is -0.305 e. The summed E-state index contributed by atoms with van der Waals surface area (Å²) in [7, 11) is 0. The lowest BCUT2D eigenvalue weighted by atomic mass is 10.0. The molecule has 3 rings (SSSR count). The number of fused-ring (bicyclic) bond motifs is 1. The smallest absolute Gasteiger partial charge is 0.167 e. The average molecular weight is 251 g/mol. The van der Waals surface area contributed by atoms with Gasteiger partial charge in [-0.05, 0) is 11.1 Å². The van der Waals surface area contributed by atoms with Crippen LogP contribution in [0.4, 0.5) is 0 Å². The first-order valence-electron chi connectivity index (χ1n) is 6.68. The van der Waals surface area contributed by atoms with E-state index < -0.39 is 0 Å². The van der Waals surface area contributed by atoms with E-state index in [9.17, 15) is 4.79 Å². The second-order valence-electron chi connectivity index (χ2n) is 5.08. The Morgan fingerprint density at radius 3 is 2.47 bits per heavy atom. The van der Waals surface area contributed by atoms with Gasteiger partial charge < -0.3 is 5.32 Å². The molecule has 0 radical (unpaired) electrons. The van der Waals surface area contributed by atoms with Crippen LogP contribution in [-0.2, 0) is 6.54 Å². The number of benzene rings is 2. The summed E-state index contributed by atoms with van der Waals surface area (Å²) in [5.41, 5.74) is 3.25. The lowest BCUT2D eigenvalue weighted by Gasteiger charge is -2.17. The summed E-state index contributed by atoms with van der Waals surface area (Å²) in [5, 5.41) is 3.51. The summed E-state index contributed by atoms with van der Waals surface area (Å²) in [6.45, 7) is 2.79. The van der Waals surface area contributed by atoms with Crippen molar-refractivity contribution in [1.82, 2.24) is 5.32 Å². The summed E-state index contributed by atoms with van der Waals surface area (Å²) in [6.07, 6.45) is 0. The minimum atomic E-state index is 0.0149. The molecule has 19 heavy (non-hydrogen) atoms. The largest absolute Gasteiger partial charge is 0.305 e. The normalized spacial score (nSPS) is 21.4. The predicted octanol–water partition coefficient (Wildman–Crippen LogP) is 3.35. The van der Waals surface area contributed by atoms with E-state index >= 15 is 0 Å². The number of nitrogens with one attached hydrogen (secondary N) is 1. The molecule has 0 heterocycles. The highest BCUT2D eigenvalue weighted by Gasteiger charge is 2.35. The molecule has 1 N–H and O–H groups in total. The third-order valence-electron chi connectivity index (χ3n) is 3.84. The van der Waals surface area contributed by atoms with Crippen molar-refractivity contribution in [2.75, 3.05) is 0 Å². The Morgan fingerprint density at radius 2 is 1.68 bits per heavy atom. The van der Waals surface area contributed by atoms with E-state index in [1.165, 1.54) is 5.56 Å². The number of rotatable bonds is 3. The van der Waals surface area contributed by atoms with E-state index in [0.717, 1.165) is 17.7 Å². The molecule has 1 aliphatic rings. The predicted molar refractivity (Wildman–Crippen MR) is 76.0 cm³/mol.